The first-order chi connectivity index (χ1) is 9.09. The first-order valence-electron chi connectivity index (χ1n) is 7.16. The largest absolute Gasteiger partial charge is 0.370 e. The van der Waals surface area contributed by atoms with Crippen molar-refractivity contribution < 1.29 is 4.79 Å². The van der Waals surface area contributed by atoms with Crippen LogP contribution in [-0.4, -0.2) is 22.0 Å². The van der Waals surface area contributed by atoms with Crippen LogP contribution in [0.1, 0.15) is 56.2 Å². The number of primary amides is 1. The van der Waals surface area contributed by atoms with Gasteiger partial charge >= 0.3 is 0 Å². The van der Waals surface area contributed by atoms with Gasteiger partial charge in [-0.05, 0) is 12.8 Å². The topological polar surface area (TPSA) is 72.9 Å². The molecule has 5 heteroatoms. The maximum atomic E-state index is 10.8. The molecule has 0 unspecified atom stereocenters. The number of carbonyl (C=O) groups is 1. The molecule has 0 saturated heterocycles. The number of amides is 1. The first-order valence-corrected chi connectivity index (χ1v) is 7.16. The van der Waals surface area contributed by atoms with Gasteiger partial charge in [0.15, 0.2) is 0 Å². The molecule has 0 aliphatic carbocycles. The number of imidazole rings is 1. The van der Waals surface area contributed by atoms with Crippen LogP contribution < -0.4 is 11.1 Å². The standard InChI is InChI=1S/C14H24N4O/c1-10(2)14-17-11-9-16-7-6-12(11)18(14)8-4-3-5-13(15)19/h10,16H,3-9H2,1-2H3,(H2,15,19). The maximum absolute atomic E-state index is 10.8. The van der Waals surface area contributed by atoms with Gasteiger partial charge in [0.2, 0.25) is 5.91 Å². The molecule has 1 aliphatic heterocycles. The average Bonchev–Trinajstić information content (AvgIpc) is 2.73. The van der Waals surface area contributed by atoms with Crippen molar-refractivity contribution >= 4 is 5.91 Å². The molecule has 2 heterocycles. The number of fused-ring (bicyclic) bond motifs is 1. The third-order valence-electron chi connectivity index (χ3n) is 3.59. The fourth-order valence-electron chi connectivity index (χ4n) is 2.65. The van der Waals surface area contributed by atoms with Gasteiger partial charge in [-0.3, -0.25) is 4.79 Å². The van der Waals surface area contributed by atoms with E-state index in [0.717, 1.165) is 38.9 Å². The molecule has 1 aliphatic rings. The minimum absolute atomic E-state index is 0.207. The summed E-state index contributed by atoms with van der Waals surface area (Å²) in [6.45, 7) is 7.21. The van der Waals surface area contributed by atoms with E-state index in [1.54, 1.807) is 0 Å². The summed E-state index contributed by atoms with van der Waals surface area (Å²) < 4.78 is 2.36. The smallest absolute Gasteiger partial charge is 0.217 e. The van der Waals surface area contributed by atoms with Crippen LogP contribution in [0.3, 0.4) is 0 Å². The predicted molar refractivity (Wildman–Crippen MR) is 74.8 cm³/mol. The van der Waals surface area contributed by atoms with Crippen molar-refractivity contribution in [2.75, 3.05) is 6.54 Å². The highest BCUT2D eigenvalue weighted by Gasteiger charge is 2.20. The quantitative estimate of drug-likeness (QED) is 0.761. The number of hydrogen-bond donors (Lipinski definition) is 2. The molecular weight excluding hydrogens is 240 g/mol. The number of nitrogens with zero attached hydrogens (tertiary/aromatic N) is 2. The van der Waals surface area contributed by atoms with E-state index >= 15 is 0 Å². The molecule has 0 aromatic carbocycles. The van der Waals surface area contributed by atoms with Crippen molar-refractivity contribution in [3.63, 3.8) is 0 Å². The van der Waals surface area contributed by atoms with Crippen molar-refractivity contribution in [1.82, 2.24) is 14.9 Å². The Balaban J connectivity index is 2.08. The number of carbonyl (C=O) groups excluding carboxylic acids is 1. The van der Waals surface area contributed by atoms with Crippen LogP contribution >= 0.6 is 0 Å². The van der Waals surface area contributed by atoms with Crippen molar-refractivity contribution in [3.05, 3.63) is 17.2 Å². The minimum Gasteiger partial charge on any atom is -0.370 e. The Kier molecular flexibility index (Phi) is 4.58. The highest BCUT2D eigenvalue weighted by molar-refractivity contribution is 5.73. The number of nitrogens with two attached hydrogens (primary N) is 1. The van der Waals surface area contributed by atoms with E-state index in [1.165, 1.54) is 17.2 Å². The van der Waals surface area contributed by atoms with Gasteiger partial charge in [0.25, 0.3) is 0 Å². The van der Waals surface area contributed by atoms with Gasteiger partial charge in [0.05, 0.1) is 5.69 Å². The zero-order valence-corrected chi connectivity index (χ0v) is 11.9. The van der Waals surface area contributed by atoms with Crippen molar-refractivity contribution in [1.29, 1.82) is 0 Å². The molecular formula is C14H24N4O. The van der Waals surface area contributed by atoms with Crippen LogP contribution in [0.5, 0.6) is 0 Å². The highest BCUT2D eigenvalue weighted by Crippen LogP contribution is 2.22. The molecule has 106 valence electrons. The summed E-state index contributed by atoms with van der Waals surface area (Å²) in [6, 6.07) is 0. The fourth-order valence-corrected chi connectivity index (χ4v) is 2.65. The van der Waals surface area contributed by atoms with E-state index in [9.17, 15) is 4.79 Å². The monoisotopic (exact) mass is 264 g/mol. The number of hydrogen-bond acceptors (Lipinski definition) is 3. The summed E-state index contributed by atoms with van der Waals surface area (Å²) >= 11 is 0. The van der Waals surface area contributed by atoms with Gasteiger partial charge in [-0.25, -0.2) is 4.98 Å². The lowest BCUT2D eigenvalue weighted by Crippen LogP contribution is -2.25. The lowest BCUT2D eigenvalue weighted by Gasteiger charge is -2.17. The molecule has 5 nitrogen and oxygen atoms in total. The Bertz CT molecular complexity index is 451. The van der Waals surface area contributed by atoms with E-state index in [0.29, 0.717) is 12.3 Å². The third kappa shape index (κ3) is 3.35. The van der Waals surface area contributed by atoms with Gasteiger partial charge in [-0.2, -0.15) is 0 Å². The lowest BCUT2D eigenvalue weighted by atomic mass is 10.1. The summed E-state index contributed by atoms with van der Waals surface area (Å²) in [6.07, 6.45) is 3.37. The second-order valence-corrected chi connectivity index (χ2v) is 5.52. The number of aromatic nitrogens is 2. The van der Waals surface area contributed by atoms with Gasteiger partial charge in [0, 0.05) is 44.1 Å². The molecule has 1 aromatic heterocycles. The zero-order valence-electron chi connectivity index (χ0n) is 11.9. The lowest BCUT2D eigenvalue weighted by molar-refractivity contribution is -0.118. The normalized spacial score (nSPS) is 14.7. The summed E-state index contributed by atoms with van der Waals surface area (Å²) in [5, 5.41) is 3.37. The molecule has 0 bridgehead atoms. The van der Waals surface area contributed by atoms with Crippen LogP contribution in [0.15, 0.2) is 0 Å². The molecule has 0 saturated carbocycles. The first kappa shape index (κ1) is 14.1. The molecule has 0 radical (unpaired) electrons. The summed E-state index contributed by atoms with van der Waals surface area (Å²) in [5.41, 5.74) is 7.75. The Morgan fingerprint density at radius 3 is 2.95 bits per heavy atom. The summed E-state index contributed by atoms with van der Waals surface area (Å²) in [5.74, 6) is 1.40. The van der Waals surface area contributed by atoms with Crippen molar-refractivity contribution in [3.8, 4) is 0 Å². The zero-order chi connectivity index (χ0) is 13.8. The Labute approximate surface area is 114 Å². The van der Waals surface area contributed by atoms with E-state index < -0.39 is 0 Å². The summed E-state index contributed by atoms with van der Waals surface area (Å²) in [4.78, 5) is 15.5. The SMILES string of the molecule is CC(C)c1nc2c(n1CCCCC(N)=O)CCNC2. The molecule has 0 fully saturated rings. The molecule has 0 atom stereocenters. The Morgan fingerprint density at radius 1 is 1.47 bits per heavy atom. The van der Waals surface area contributed by atoms with E-state index in [-0.39, 0.29) is 5.91 Å². The van der Waals surface area contributed by atoms with Crippen LogP contribution in [0.4, 0.5) is 0 Å². The molecule has 2 rings (SSSR count). The molecule has 1 amide bonds. The van der Waals surface area contributed by atoms with Crippen molar-refractivity contribution in [2.24, 2.45) is 5.73 Å². The highest BCUT2D eigenvalue weighted by atomic mass is 16.1. The maximum Gasteiger partial charge on any atom is 0.217 e. The number of rotatable bonds is 6. The minimum atomic E-state index is -0.207. The van der Waals surface area contributed by atoms with Gasteiger partial charge < -0.3 is 15.6 Å². The molecule has 3 N–H and O–H groups in total. The van der Waals surface area contributed by atoms with Crippen LogP contribution in [0.25, 0.3) is 0 Å². The predicted octanol–water partition coefficient (Wildman–Crippen LogP) is 1.31. The van der Waals surface area contributed by atoms with E-state index in [1.807, 2.05) is 0 Å². The molecule has 1 aromatic rings. The molecule has 19 heavy (non-hydrogen) atoms. The molecule has 0 spiro atoms. The van der Waals surface area contributed by atoms with E-state index in [2.05, 4.69) is 23.7 Å². The average molecular weight is 264 g/mol. The third-order valence-corrected chi connectivity index (χ3v) is 3.59. The Morgan fingerprint density at radius 2 is 2.26 bits per heavy atom. The summed E-state index contributed by atoms with van der Waals surface area (Å²) in [7, 11) is 0. The fraction of sp³-hybridized carbons (Fsp3) is 0.714. The van der Waals surface area contributed by atoms with Crippen LogP contribution in [0.2, 0.25) is 0 Å². The van der Waals surface area contributed by atoms with Gasteiger partial charge in [-0.1, -0.05) is 13.8 Å². The van der Waals surface area contributed by atoms with Crippen LogP contribution in [-0.2, 0) is 24.3 Å². The van der Waals surface area contributed by atoms with E-state index in [4.69, 9.17) is 10.7 Å². The Hall–Kier alpha value is -1.36. The second kappa shape index (κ2) is 6.19. The number of nitrogens with one attached hydrogen (secondary N) is 1. The van der Waals surface area contributed by atoms with Crippen molar-refractivity contribution in [2.45, 2.75) is 58.5 Å². The number of unbranched alkanes of at least 4 members (excludes halogenated alkanes) is 1. The van der Waals surface area contributed by atoms with Gasteiger partial charge in [-0.15, -0.1) is 0 Å². The van der Waals surface area contributed by atoms with Crippen LogP contribution in [0, 0.1) is 0 Å². The second-order valence-electron chi connectivity index (χ2n) is 5.52. The van der Waals surface area contributed by atoms with Gasteiger partial charge in [0.1, 0.15) is 5.82 Å².